The molecule has 1 aromatic carbocycles. The highest BCUT2D eigenvalue weighted by Crippen LogP contribution is 2.31. The normalized spacial score (nSPS) is 32.1. The van der Waals surface area contributed by atoms with E-state index in [2.05, 4.69) is 24.4 Å². The molecule has 0 spiro atoms. The van der Waals surface area contributed by atoms with Crippen molar-refractivity contribution in [2.24, 2.45) is 5.73 Å². The minimum atomic E-state index is -0.821. The number of rotatable bonds is 11. The van der Waals surface area contributed by atoms with Gasteiger partial charge in [0.25, 0.3) is 0 Å². The Labute approximate surface area is 173 Å². The first-order valence-corrected chi connectivity index (χ1v) is 10.8. The summed E-state index contributed by atoms with van der Waals surface area (Å²) in [5, 5.41) is 13.9. The zero-order chi connectivity index (χ0) is 20.8. The van der Waals surface area contributed by atoms with Crippen LogP contribution in [0.2, 0.25) is 0 Å². The Morgan fingerprint density at radius 3 is 2.72 bits per heavy atom. The number of hydrogen-bond donors (Lipinski definition) is 3. The molecule has 7 nitrogen and oxygen atoms in total. The highest BCUT2D eigenvalue weighted by molar-refractivity contribution is 5.15. The topological polar surface area (TPSA) is 95.2 Å². The number of benzene rings is 1. The van der Waals surface area contributed by atoms with Gasteiger partial charge in [0.1, 0.15) is 24.5 Å². The Kier molecular flexibility index (Phi) is 8.44. The number of unbranched alkanes of at least 4 members (excludes halogenated alkanes) is 1. The summed E-state index contributed by atoms with van der Waals surface area (Å²) in [7, 11) is 0. The van der Waals surface area contributed by atoms with Crippen LogP contribution < -0.4 is 11.1 Å². The molecule has 0 radical (unpaired) electrons. The summed E-state index contributed by atoms with van der Waals surface area (Å²) in [6, 6.07) is 9.84. The molecule has 8 atom stereocenters. The monoisotopic (exact) mass is 408 g/mol. The number of hydrogen-bond acceptors (Lipinski definition) is 7. The highest BCUT2D eigenvalue weighted by atomic mass is 16.7. The van der Waals surface area contributed by atoms with Crippen LogP contribution in [0.5, 0.6) is 0 Å². The first-order chi connectivity index (χ1) is 14.0. The number of nitrogens with one attached hydrogen (secondary N) is 1. The van der Waals surface area contributed by atoms with Gasteiger partial charge in [-0.3, -0.25) is 5.32 Å². The van der Waals surface area contributed by atoms with Crippen molar-refractivity contribution < 1.29 is 24.1 Å². The fourth-order valence-electron chi connectivity index (χ4n) is 3.91. The molecule has 164 valence electrons. The minimum Gasteiger partial charge on any atom is -0.376 e. The average molecular weight is 409 g/mol. The first-order valence-electron chi connectivity index (χ1n) is 10.8. The summed E-state index contributed by atoms with van der Waals surface area (Å²) >= 11 is 0. The van der Waals surface area contributed by atoms with Gasteiger partial charge in [0.15, 0.2) is 6.29 Å². The molecule has 0 aromatic heterocycles. The van der Waals surface area contributed by atoms with Gasteiger partial charge in [0.2, 0.25) is 0 Å². The number of aliphatic hydroxyl groups excluding tert-OH is 1. The number of aliphatic hydroxyl groups is 1. The summed E-state index contributed by atoms with van der Waals surface area (Å²) in [5.74, 6) is 0. The lowest BCUT2D eigenvalue weighted by Crippen LogP contribution is -2.61. The van der Waals surface area contributed by atoms with E-state index in [-0.39, 0.29) is 18.2 Å². The third-order valence-electron chi connectivity index (χ3n) is 5.58. The van der Waals surface area contributed by atoms with E-state index in [1.54, 1.807) is 0 Å². The van der Waals surface area contributed by atoms with Gasteiger partial charge in [-0.05, 0) is 32.3 Å². The van der Waals surface area contributed by atoms with Crippen LogP contribution in [-0.2, 0) is 25.4 Å². The van der Waals surface area contributed by atoms with Crippen molar-refractivity contribution in [3.8, 4) is 0 Å². The number of ether oxygens (including phenoxy) is 4. The smallest absolute Gasteiger partial charge is 0.175 e. The Morgan fingerprint density at radius 2 is 2.00 bits per heavy atom. The van der Waals surface area contributed by atoms with Gasteiger partial charge in [-0.1, -0.05) is 43.7 Å². The van der Waals surface area contributed by atoms with E-state index in [1.807, 2.05) is 32.0 Å². The molecular weight excluding hydrogens is 372 g/mol. The van der Waals surface area contributed by atoms with E-state index < -0.39 is 30.8 Å². The highest BCUT2D eigenvalue weighted by Gasteiger charge is 2.51. The molecule has 0 amide bonds. The molecule has 2 fully saturated rings. The summed E-state index contributed by atoms with van der Waals surface area (Å²) in [6.07, 6.45) is 0.196. The SMILES string of the molecule is CCCCO[C@H]1[C@H](O[C@H](C)C(O)N[C@H](C)Cc2ccccc2)[C@@H](N)[C@@H]2OC[C@H]1O2. The van der Waals surface area contributed by atoms with E-state index in [0.717, 1.165) is 19.3 Å². The van der Waals surface area contributed by atoms with Crippen LogP contribution in [0, 0.1) is 0 Å². The van der Waals surface area contributed by atoms with E-state index >= 15 is 0 Å². The van der Waals surface area contributed by atoms with Gasteiger partial charge in [-0.15, -0.1) is 0 Å². The lowest BCUT2D eigenvalue weighted by molar-refractivity contribution is -0.225. The van der Waals surface area contributed by atoms with Crippen molar-refractivity contribution in [1.82, 2.24) is 5.32 Å². The van der Waals surface area contributed by atoms with Crippen molar-refractivity contribution in [3.63, 3.8) is 0 Å². The van der Waals surface area contributed by atoms with Crippen molar-refractivity contribution in [3.05, 3.63) is 35.9 Å². The van der Waals surface area contributed by atoms with Gasteiger partial charge in [-0.25, -0.2) is 0 Å². The summed E-state index contributed by atoms with van der Waals surface area (Å²) in [6.45, 7) is 7.10. The second kappa shape index (κ2) is 10.8. The van der Waals surface area contributed by atoms with Crippen LogP contribution in [0.1, 0.15) is 39.2 Å². The Hall–Kier alpha value is -1.06. The molecule has 2 aliphatic heterocycles. The Balaban J connectivity index is 1.55. The van der Waals surface area contributed by atoms with E-state index in [0.29, 0.717) is 13.2 Å². The fraction of sp³-hybridized carbons (Fsp3) is 0.727. The molecule has 1 unspecified atom stereocenters. The van der Waals surface area contributed by atoms with Crippen molar-refractivity contribution in [2.45, 2.75) is 89.1 Å². The van der Waals surface area contributed by atoms with Crippen LogP contribution in [0.3, 0.4) is 0 Å². The number of nitrogens with two attached hydrogens (primary N) is 1. The van der Waals surface area contributed by atoms with E-state index in [1.165, 1.54) is 5.56 Å². The quantitative estimate of drug-likeness (QED) is 0.378. The second-order valence-corrected chi connectivity index (χ2v) is 8.15. The van der Waals surface area contributed by atoms with Gasteiger partial charge in [-0.2, -0.15) is 0 Å². The third-order valence-corrected chi connectivity index (χ3v) is 5.58. The standard InChI is InChI=1S/C22H36N2O5/c1-4-5-11-26-19-17-13-27-22(29-17)18(23)20(19)28-15(3)21(25)24-14(2)12-16-9-7-6-8-10-16/h6-10,14-15,17-22,24-25H,4-5,11-13,23H2,1-3H3/t14-,15-,17-,18-,19-,20-,21?,22-/m1/s1. The van der Waals surface area contributed by atoms with Crippen LogP contribution in [0.15, 0.2) is 30.3 Å². The van der Waals surface area contributed by atoms with Gasteiger partial charge < -0.3 is 29.8 Å². The molecule has 7 heteroatoms. The molecule has 1 aromatic rings. The maximum atomic E-state index is 10.7. The molecule has 0 aliphatic carbocycles. The summed E-state index contributed by atoms with van der Waals surface area (Å²) < 4.78 is 23.8. The van der Waals surface area contributed by atoms with Crippen LogP contribution >= 0.6 is 0 Å². The van der Waals surface area contributed by atoms with Crippen molar-refractivity contribution in [1.29, 1.82) is 0 Å². The maximum Gasteiger partial charge on any atom is 0.175 e. The molecule has 0 saturated carbocycles. The van der Waals surface area contributed by atoms with Gasteiger partial charge in [0, 0.05) is 12.6 Å². The molecule has 2 heterocycles. The lowest BCUT2D eigenvalue weighted by atomic mass is 9.98. The van der Waals surface area contributed by atoms with Crippen LogP contribution in [0.25, 0.3) is 0 Å². The molecule has 2 aliphatic rings. The molecule has 29 heavy (non-hydrogen) atoms. The minimum absolute atomic E-state index is 0.0953. The Morgan fingerprint density at radius 1 is 1.24 bits per heavy atom. The number of fused-ring (bicyclic) bond motifs is 2. The van der Waals surface area contributed by atoms with E-state index in [9.17, 15) is 5.11 Å². The maximum absolute atomic E-state index is 10.7. The van der Waals surface area contributed by atoms with E-state index in [4.69, 9.17) is 24.7 Å². The Bertz CT molecular complexity index is 604. The predicted octanol–water partition coefficient (Wildman–Crippen LogP) is 1.57. The molecular formula is C22H36N2O5. The molecule has 3 rings (SSSR count). The third kappa shape index (κ3) is 5.98. The fourth-order valence-corrected chi connectivity index (χ4v) is 3.91. The van der Waals surface area contributed by atoms with Crippen LogP contribution in [0.4, 0.5) is 0 Å². The zero-order valence-electron chi connectivity index (χ0n) is 17.7. The first kappa shape index (κ1) is 22.6. The molecule has 2 bridgehead atoms. The lowest BCUT2D eigenvalue weighted by Gasteiger charge is -2.41. The zero-order valence-corrected chi connectivity index (χ0v) is 17.7. The predicted molar refractivity (Wildman–Crippen MR) is 110 cm³/mol. The summed E-state index contributed by atoms with van der Waals surface area (Å²) in [5.41, 5.74) is 7.57. The largest absolute Gasteiger partial charge is 0.376 e. The van der Waals surface area contributed by atoms with Gasteiger partial charge in [0.05, 0.1) is 18.8 Å². The van der Waals surface area contributed by atoms with Crippen LogP contribution in [-0.4, -0.2) is 67.3 Å². The van der Waals surface area contributed by atoms with Crippen molar-refractivity contribution in [2.75, 3.05) is 13.2 Å². The molecule has 4 N–H and O–H groups in total. The average Bonchev–Trinajstić information content (AvgIpc) is 3.15. The molecule has 2 saturated heterocycles. The second-order valence-electron chi connectivity index (χ2n) is 8.15. The van der Waals surface area contributed by atoms with Gasteiger partial charge >= 0.3 is 0 Å². The van der Waals surface area contributed by atoms with Crippen molar-refractivity contribution >= 4 is 0 Å². The summed E-state index contributed by atoms with van der Waals surface area (Å²) in [4.78, 5) is 0.